The topological polar surface area (TPSA) is 21.3 Å². The van der Waals surface area contributed by atoms with Gasteiger partial charge in [0.2, 0.25) is 0 Å². The third-order valence-corrected chi connectivity index (χ3v) is 4.68. The van der Waals surface area contributed by atoms with Gasteiger partial charge in [-0.15, -0.1) is 0 Å². The number of hydrogen-bond donors (Lipinski definition) is 1. The number of benzene rings is 1. The lowest BCUT2D eigenvalue weighted by Crippen LogP contribution is -2.49. The molecule has 3 unspecified atom stereocenters. The van der Waals surface area contributed by atoms with Crippen molar-refractivity contribution in [2.45, 2.75) is 64.5 Å². The van der Waals surface area contributed by atoms with Crippen LogP contribution in [0.2, 0.25) is 0 Å². The minimum absolute atomic E-state index is 0.0387. The molecule has 1 aromatic rings. The molecule has 2 rings (SSSR count). The van der Waals surface area contributed by atoms with E-state index in [0.717, 1.165) is 31.9 Å². The predicted octanol–water partition coefficient (Wildman–Crippen LogP) is 4.71. The third kappa shape index (κ3) is 4.08. The van der Waals surface area contributed by atoms with E-state index in [4.69, 9.17) is 4.74 Å². The second kappa shape index (κ2) is 7.95. The van der Waals surface area contributed by atoms with E-state index in [1.54, 1.807) is 0 Å². The van der Waals surface area contributed by atoms with Crippen molar-refractivity contribution < 1.29 is 4.74 Å². The molecule has 0 saturated heterocycles. The van der Waals surface area contributed by atoms with E-state index in [2.05, 4.69) is 56.4 Å². The molecule has 0 bridgehead atoms. The Bertz CT molecular complexity index is 401. The number of hydrogen-bond acceptors (Lipinski definition) is 2. The Morgan fingerprint density at radius 3 is 2.67 bits per heavy atom. The largest absolute Gasteiger partial charge is 0.373 e. The lowest BCUT2D eigenvalue weighted by atomic mass is 9.72. The maximum absolute atomic E-state index is 6.39. The summed E-state index contributed by atoms with van der Waals surface area (Å²) < 4.78 is 6.39. The lowest BCUT2D eigenvalue weighted by Gasteiger charge is -2.46. The van der Waals surface area contributed by atoms with Gasteiger partial charge in [0.05, 0.1) is 11.6 Å². The van der Waals surface area contributed by atoms with Gasteiger partial charge in [0.25, 0.3) is 0 Å². The second-order valence-corrected chi connectivity index (χ2v) is 6.50. The summed E-state index contributed by atoms with van der Waals surface area (Å²) in [6.45, 7) is 8.57. The van der Waals surface area contributed by atoms with Crippen molar-refractivity contribution in [1.82, 2.24) is 5.32 Å². The van der Waals surface area contributed by atoms with E-state index >= 15 is 0 Å². The van der Waals surface area contributed by atoms with Crippen molar-refractivity contribution in [3.8, 4) is 0 Å². The molecule has 2 nitrogen and oxygen atoms in total. The number of rotatable bonds is 7. The molecule has 0 amide bonds. The maximum atomic E-state index is 6.39. The van der Waals surface area contributed by atoms with E-state index < -0.39 is 0 Å². The monoisotopic (exact) mass is 289 g/mol. The van der Waals surface area contributed by atoms with Crippen molar-refractivity contribution in [1.29, 1.82) is 0 Å². The average molecular weight is 289 g/mol. The molecule has 21 heavy (non-hydrogen) atoms. The van der Waals surface area contributed by atoms with Crippen LogP contribution < -0.4 is 5.32 Å². The van der Waals surface area contributed by atoms with Crippen LogP contribution in [0.15, 0.2) is 30.3 Å². The van der Waals surface area contributed by atoms with Crippen molar-refractivity contribution in [3.63, 3.8) is 0 Å². The molecular formula is C19H31NO. The Morgan fingerprint density at radius 1 is 1.29 bits per heavy atom. The van der Waals surface area contributed by atoms with Crippen molar-refractivity contribution in [2.75, 3.05) is 13.2 Å². The predicted molar refractivity (Wildman–Crippen MR) is 89.5 cm³/mol. The Hall–Kier alpha value is -0.860. The highest BCUT2D eigenvalue weighted by Gasteiger charge is 2.43. The van der Waals surface area contributed by atoms with Crippen LogP contribution in [0.1, 0.15) is 64.5 Å². The standard InChI is InChI=1S/C19H31NO/c1-4-14-20-18(17-11-7-6-8-12-17)19(21-5-2)13-9-10-16(3)15-19/h6-8,11-12,16,18,20H,4-5,9-10,13-15H2,1-3H3. The first-order chi connectivity index (χ1) is 10.2. The van der Waals surface area contributed by atoms with Crippen LogP contribution in [0.25, 0.3) is 0 Å². The summed E-state index contributed by atoms with van der Waals surface area (Å²) in [6.07, 6.45) is 6.10. The zero-order valence-corrected chi connectivity index (χ0v) is 13.9. The Morgan fingerprint density at radius 2 is 2.05 bits per heavy atom. The molecule has 1 aliphatic carbocycles. The molecule has 0 spiro atoms. The molecule has 118 valence electrons. The minimum Gasteiger partial charge on any atom is -0.373 e. The van der Waals surface area contributed by atoms with Gasteiger partial charge in [0.15, 0.2) is 0 Å². The van der Waals surface area contributed by atoms with Gasteiger partial charge in [-0.05, 0) is 44.2 Å². The van der Waals surface area contributed by atoms with Gasteiger partial charge in [0.1, 0.15) is 0 Å². The van der Waals surface area contributed by atoms with Crippen molar-refractivity contribution in [3.05, 3.63) is 35.9 Å². The summed E-state index contributed by atoms with van der Waals surface area (Å²) in [7, 11) is 0. The minimum atomic E-state index is -0.0387. The highest BCUT2D eigenvalue weighted by Crippen LogP contribution is 2.43. The highest BCUT2D eigenvalue weighted by molar-refractivity contribution is 5.23. The molecule has 1 aliphatic rings. The summed E-state index contributed by atoms with van der Waals surface area (Å²) in [5.74, 6) is 0.750. The SMILES string of the molecule is CCCNC(c1ccccc1)C1(OCC)CCCC(C)C1. The molecule has 3 atom stereocenters. The van der Waals surface area contributed by atoms with Crippen LogP contribution in [0.3, 0.4) is 0 Å². The average Bonchev–Trinajstić information content (AvgIpc) is 2.49. The van der Waals surface area contributed by atoms with Crippen LogP contribution in [0, 0.1) is 5.92 Å². The zero-order chi connectivity index (χ0) is 15.1. The van der Waals surface area contributed by atoms with E-state index in [1.165, 1.54) is 24.8 Å². The van der Waals surface area contributed by atoms with Gasteiger partial charge in [-0.25, -0.2) is 0 Å². The summed E-state index contributed by atoms with van der Waals surface area (Å²) in [5, 5.41) is 3.78. The van der Waals surface area contributed by atoms with E-state index in [1.807, 2.05) is 0 Å². The fourth-order valence-corrected chi connectivity index (χ4v) is 3.85. The molecule has 1 fully saturated rings. The second-order valence-electron chi connectivity index (χ2n) is 6.50. The molecule has 0 aliphatic heterocycles. The molecule has 0 radical (unpaired) electrons. The summed E-state index contributed by atoms with van der Waals surface area (Å²) in [6, 6.07) is 11.2. The normalized spacial score (nSPS) is 27.5. The third-order valence-electron chi connectivity index (χ3n) is 4.68. The Labute approximate surface area is 130 Å². The van der Waals surface area contributed by atoms with E-state index in [0.29, 0.717) is 6.04 Å². The molecule has 1 N–H and O–H groups in total. The Kier molecular flexibility index (Phi) is 6.25. The summed E-state index contributed by atoms with van der Waals surface area (Å²) >= 11 is 0. The fraction of sp³-hybridized carbons (Fsp3) is 0.684. The smallest absolute Gasteiger partial charge is 0.0878 e. The van der Waals surface area contributed by atoms with Gasteiger partial charge in [-0.3, -0.25) is 0 Å². The van der Waals surface area contributed by atoms with Gasteiger partial charge in [0, 0.05) is 6.61 Å². The molecule has 0 aromatic heterocycles. The molecule has 1 saturated carbocycles. The highest BCUT2D eigenvalue weighted by atomic mass is 16.5. The first-order valence-corrected chi connectivity index (χ1v) is 8.64. The molecular weight excluding hydrogens is 258 g/mol. The van der Waals surface area contributed by atoms with Crippen LogP contribution in [-0.2, 0) is 4.74 Å². The molecule has 1 aromatic carbocycles. The quantitative estimate of drug-likeness (QED) is 0.784. The lowest BCUT2D eigenvalue weighted by molar-refractivity contribution is -0.102. The Balaban J connectivity index is 2.30. The zero-order valence-electron chi connectivity index (χ0n) is 13.9. The van der Waals surface area contributed by atoms with Crippen molar-refractivity contribution in [2.24, 2.45) is 5.92 Å². The van der Waals surface area contributed by atoms with Gasteiger partial charge >= 0.3 is 0 Å². The van der Waals surface area contributed by atoms with Crippen molar-refractivity contribution >= 4 is 0 Å². The van der Waals surface area contributed by atoms with E-state index in [9.17, 15) is 0 Å². The van der Waals surface area contributed by atoms with Crippen LogP contribution in [0.5, 0.6) is 0 Å². The molecule has 2 heteroatoms. The summed E-state index contributed by atoms with van der Waals surface area (Å²) in [5.41, 5.74) is 1.33. The summed E-state index contributed by atoms with van der Waals surface area (Å²) in [4.78, 5) is 0. The van der Waals surface area contributed by atoms with Crippen LogP contribution in [-0.4, -0.2) is 18.8 Å². The number of nitrogens with one attached hydrogen (secondary N) is 1. The maximum Gasteiger partial charge on any atom is 0.0878 e. The fourth-order valence-electron chi connectivity index (χ4n) is 3.85. The van der Waals surface area contributed by atoms with Crippen LogP contribution in [0.4, 0.5) is 0 Å². The van der Waals surface area contributed by atoms with Gasteiger partial charge < -0.3 is 10.1 Å². The first-order valence-electron chi connectivity index (χ1n) is 8.64. The first kappa shape index (κ1) is 16.5. The van der Waals surface area contributed by atoms with E-state index in [-0.39, 0.29) is 5.60 Å². The van der Waals surface area contributed by atoms with Gasteiger partial charge in [-0.2, -0.15) is 0 Å². The molecule has 0 heterocycles. The van der Waals surface area contributed by atoms with Crippen LogP contribution >= 0.6 is 0 Å². The number of ether oxygens (including phenoxy) is 1. The van der Waals surface area contributed by atoms with Gasteiger partial charge in [-0.1, -0.05) is 57.0 Å².